The SMILES string of the molecule is O=C([O-])C(=O)CCP(=O)([O-])O. The summed E-state index contributed by atoms with van der Waals surface area (Å²) in [6.45, 7) is 0. The van der Waals surface area contributed by atoms with Gasteiger partial charge in [-0.15, -0.1) is 0 Å². The van der Waals surface area contributed by atoms with Gasteiger partial charge < -0.3 is 24.3 Å². The lowest BCUT2D eigenvalue weighted by Gasteiger charge is -2.14. The summed E-state index contributed by atoms with van der Waals surface area (Å²) in [5, 5.41) is 9.68. The van der Waals surface area contributed by atoms with Gasteiger partial charge >= 0.3 is 0 Å². The van der Waals surface area contributed by atoms with Crippen molar-refractivity contribution in [3.63, 3.8) is 0 Å². The monoisotopic (exact) mass is 180 g/mol. The molecule has 64 valence electrons. The molecule has 0 aliphatic carbocycles. The van der Waals surface area contributed by atoms with Crippen molar-refractivity contribution in [3.8, 4) is 0 Å². The lowest BCUT2D eigenvalue weighted by Crippen LogP contribution is -2.32. The molecule has 0 radical (unpaired) electrons. The van der Waals surface area contributed by atoms with Gasteiger partial charge in [-0.25, -0.2) is 0 Å². The molecule has 0 aliphatic heterocycles. The maximum absolute atomic E-state index is 10.2. The Balaban J connectivity index is 3.82. The van der Waals surface area contributed by atoms with Crippen molar-refractivity contribution in [1.29, 1.82) is 0 Å². The Bertz CT molecular complexity index is 215. The van der Waals surface area contributed by atoms with Gasteiger partial charge in [0, 0.05) is 12.6 Å². The third kappa shape index (κ3) is 5.72. The molecule has 7 heteroatoms. The number of hydrogen-bond donors (Lipinski definition) is 1. The fourth-order valence-corrected chi connectivity index (χ4v) is 0.831. The first-order chi connectivity index (χ1) is 4.83. The third-order valence-electron chi connectivity index (χ3n) is 0.849. The summed E-state index contributed by atoms with van der Waals surface area (Å²) in [4.78, 5) is 37.9. The van der Waals surface area contributed by atoms with Crippen LogP contribution in [0.15, 0.2) is 0 Å². The Labute approximate surface area is 62.0 Å². The molecule has 0 spiro atoms. The van der Waals surface area contributed by atoms with Crippen molar-refractivity contribution >= 4 is 19.3 Å². The van der Waals surface area contributed by atoms with E-state index in [1.165, 1.54) is 0 Å². The molecule has 0 bridgehead atoms. The van der Waals surface area contributed by atoms with Gasteiger partial charge in [-0.3, -0.25) is 4.79 Å². The Kier molecular flexibility index (Phi) is 3.38. The first kappa shape index (κ1) is 10.3. The van der Waals surface area contributed by atoms with Crippen LogP contribution in [0.1, 0.15) is 6.42 Å². The minimum Gasteiger partial charge on any atom is -0.779 e. The fourth-order valence-electron chi connectivity index (χ4n) is 0.345. The van der Waals surface area contributed by atoms with Gasteiger partial charge in [0.05, 0.1) is 0 Å². The smallest absolute Gasteiger partial charge is 0.178 e. The first-order valence-corrected chi connectivity index (χ1v) is 4.36. The van der Waals surface area contributed by atoms with Crippen molar-refractivity contribution in [1.82, 2.24) is 0 Å². The maximum atomic E-state index is 10.2. The number of Topliss-reactive ketones (excluding diaryl/α,β-unsaturated/α-hetero) is 1. The number of ketones is 1. The highest BCUT2D eigenvalue weighted by atomic mass is 31.2. The summed E-state index contributed by atoms with van der Waals surface area (Å²) < 4.78 is 9.98. The number of rotatable bonds is 4. The van der Waals surface area contributed by atoms with E-state index in [2.05, 4.69) is 0 Å². The van der Waals surface area contributed by atoms with Crippen LogP contribution in [0.2, 0.25) is 0 Å². The lowest BCUT2D eigenvalue weighted by atomic mass is 10.3. The number of carboxylic acid groups (broad SMARTS) is 1. The second-order valence-corrected chi connectivity index (χ2v) is 3.54. The standard InChI is InChI=1S/C4H7O6P/c5-3(4(6)7)1-2-11(8,9)10/h1-2H2,(H,6,7)(H2,8,9,10)/p-2. The van der Waals surface area contributed by atoms with Crippen molar-refractivity contribution in [2.45, 2.75) is 6.42 Å². The molecular formula is C4H5O6P-2. The number of carbonyl (C=O) groups excluding carboxylic acids is 2. The summed E-state index contributed by atoms with van der Waals surface area (Å²) in [5.74, 6) is -3.28. The van der Waals surface area contributed by atoms with Gasteiger partial charge in [0.2, 0.25) is 0 Å². The van der Waals surface area contributed by atoms with E-state index in [1.54, 1.807) is 0 Å². The van der Waals surface area contributed by atoms with Crippen molar-refractivity contribution in [2.24, 2.45) is 0 Å². The highest BCUT2D eigenvalue weighted by Gasteiger charge is 2.07. The molecule has 0 aromatic heterocycles. The summed E-state index contributed by atoms with van der Waals surface area (Å²) in [6.07, 6.45) is -1.61. The molecule has 0 saturated heterocycles. The molecular weight excluding hydrogens is 175 g/mol. The third-order valence-corrected chi connectivity index (χ3v) is 1.64. The van der Waals surface area contributed by atoms with Crippen molar-refractivity contribution in [2.75, 3.05) is 6.16 Å². The van der Waals surface area contributed by atoms with Crippen LogP contribution in [0, 0.1) is 0 Å². The van der Waals surface area contributed by atoms with E-state index in [0.29, 0.717) is 0 Å². The molecule has 1 N–H and O–H groups in total. The first-order valence-electron chi connectivity index (χ1n) is 2.60. The Morgan fingerprint density at radius 1 is 1.45 bits per heavy atom. The van der Waals surface area contributed by atoms with E-state index in [4.69, 9.17) is 4.89 Å². The average molecular weight is 180 g/mol. The van der Waals surface area contributed by atoms with Crippen LogP contribution in [0.3, 0.4) is 0 Å². The molecule has 6 nitrogen and oxygen atoms in total. The molecule has 0 aliphatic rings. The normalized spacial score (nSPS) is 15.5. The topological polar surface area (TPSA) is 118 Å². The zero-order chi connectivity index (χ0) is 9.07. The van der Waals surface area contributed by atoms with Gasteiger partial charge in [-0.2, -0.15) is 0 Å². The zero-order valence-electron chi connectivity index (χ0n) is 5.35. The van der Waals surface area contributed by atoms with Crippen LogP contribution in [-0.4, -0.2) is 22.8 Å². The van der Waals surface area contributed by atoms with Gasteiger partial charge in [0.15, 0.2) is 5.78 Å². The van der Waals surface area contributed by atoms with E-state index >= 15 is 0 Å². The molecule has 0 rings (SSSR count). The minimum atomic E-state index is -4.52. The summed E-state index contributed by atoms with van der Waals surface area (Å²) in [5.41, 5.74) is 0. The molecule has 1 atom stereocenters. The van der Waals surface area contributed by atoms with Crippen LogP contribution in [-0.2, 0) is 14.2 Å². The summed E-state index contributed by atoms with van der Waals surface area (Å²) >= 11 is 0. The molecule has 0 aromatic rings. The highest BCUT2D eigenvalue weighted by Crippen LogP contribution is 2.29. The van der Waals surface area contributed by atoms with Gasteiger partial charge in [0.25, 0.3) is 0 Å². The zero-order valence-corrected chi connectivity index (χ0v) is 6.24. The number of hydrogen-bond acceptors (Lipinski definition) is 5. The largest absolute Gasteiger partial charge is 0.779 e. The average Bonchev–Trinajstić information content (AvgIpc) is 1.80. The molecule has 0 amide bonds. The Morgan fingerprint density at radius 3 is 2.18 bits per heavy atom. The van der Waals surface area contributed by atoms with Crippen LogP contribution >= 0.6 is 7.60 Å². The van der Waals surface area contributed by atoms with Gasteiger partial charge in [-0.05, 0) is 0 Å². The van der Waals surface area contributed by atoms with E-state index in [0.717, 1.165) is 0 Å². The molecule has 0 fully saturated rings. The lowest BCUT2D eigenvalue weighted by molar-refractivity contribution is -0.299. The number of carboxylic acids is 1. The Hall–Kier alpha value is -0.710. The van der Waals surface area contributed by atoms with Crippen molar-refractivity contribution < 1.29 is 29.0 Å². The predicted molar refractivity (Wildman–Crippen MR) is 29.3 cm³/mol. The fraction of sp³-hybridized carbons (Fsp3) is 0.500. The predicted octanol–water partition coefficient (Wildman–Crippen LogP) is -2.76. The van der Waals surface area contributed by atoms with E-state index in [-0.39, 0.29) is 0 Å². The Morgan fingerprint density at radius 2 is 1.91 bits per heavy atom. The maximum Gasteiger partial charge on any atom is 0.178 e. The van der Waals surface area contributed by atoms with Gasteiger partial charge in [0.1, 0.15) is 13.6 Å². The van der Waals surface area contributed by atoms with E-state index < -0.39 is 31.9 Å². The van der Waals surface area contributed by atoms with E-state index in [1.807, 2.05) is 0 Å². The summed E-state index contributed by atoms with van der Waals surface area (Å²) in [7, 11) is -4.52. The molecule has 0 saturated carbocycles. The molecule has 11 heavy (non-hydrogen) atoms. The van der Waals surface area contributed by atoms with Crippen LogP contribution in [0.5, 0.6) is 0 Å². The summed E-state index contributed by atoms with van der Waals surface area (Å²) in [6, 6.07) is 0. The quantitative estimate of drug-likeness (QED) is 0.370. The van der Waals surface area contributed by atoms with Crippen molar-refractivity contribution in [3.05, 3.63) is 0 Å². The van der Waals surface area contributed by atoms with Crippen LogP contribution < -0.4 is 10.00 Å². The number of aliphatic carboxylic acids is 1. The molecule has 1 unspecified atom stereocenters. The number of carbonyl (C=O) groups is 2. The second-order valence-electron chi connectivity index (χ2n) is 1.82. The second kappa shape index (κ2) is 3.61. The van der Waals surface area contributed by atoms with Gasteiger partial charge in [-0.1, -0.05) is 0 Å². The molecule has 0 heterocycles. The van der Waals surface area contributed by atoms with E-state index in [9.17, 15) is 24.2 Å². The minimum absolute atomic E-state index is 0.750. The van der Waals surface area contributed by atoms with Crippen LogP contribution in [0.25, 0.3) is 0 Å². The highest BCUT2D eigenvalue weighted by molar-refractivity contribution is 7.50. The van der Waals surface area contributed by atoms with Crippen LogP contribution in [0.4, 0.5) is 0 Å². The molecule has 0 aromatic carbocycles.